The molecule has 1 N–H and O–H groups in total. The molecule has 0 bridgehead atoms. The molecule has 0 aliphatic rings. The Morgan fingerprint density at radius 2 is 1.57 bits per heavy atom. The van der Waals surface area contributed by atoms with Crippen molar-refractivity contribution in [2.75, 3.05) is 18.5 Å². The first-order chi connectivity index (χ1) is 14.6. The van der Waals surface area contributed by atoms with Crippen LogP contribution in [0.2, 0.25) is 0 Å². The van der Waals surface area contributed by atoms with Crippen molar-refractivity contribution in [3.05, 3.63) is 77.2 Å². The van der Waals surface area contributed by atoms with Crippen molar-refractivity contribution >= 4 is 16.6 Å². The van der Waals surface area contributed by atoms with Crippen molar-refractivity contribution in [2.45, 2.75) is 34.1 Å². The molecule has 0 amide bonds. The maximum Gasteiger partial charge on any atom is 0.158 e. The minimum absolute atomic E-state index is 0.666. The Kier molecular flexibility index (Phi) is 5.70. The summed E-state index contributed by atoms with van der Waals surface area (Å²) in [5.74, 6) is 1.73. The van der Waals surface area contributed by atoms with E-state index in [0.29, 0.717) is 6.61 Å². The SMILES string of the molecule is CCOc1ccc(-n2c(C)c3c(C)nnc(NCCc4ccccc4)c3c2C)cc1. The summed E-state index contributed by atoms with van der Waals surface area (Å²) in [6.07, 6.45) is 0.940. The normalized spacial score (nSPS) is 11.1. The van der Waals surface area contributed by atoms with Crippen LogP contribution < -0.4 is 10.1 Å². The third kappa shape index (κ3) is 3.75. The number of hydrogen-bond donors (Lipinski definition) is 1. The van der Waals surface area contributed by atoms with Crippen LogP contribution in [-0.4, -0.2) is 27.9 Å². The molecule has 0 spiro atoms. The van der Waals surface area contributed by atoms with Gasteiger partial charge >= 0.3 is 0 Å². The zero-order valence-electron chi connectivity index (χ0n) is 18.1. The van der Waals surface area contributed by atoms with Crippen LogP contribution in [-0.2, 0) is 6.42 Å². The summed E-state index contributed by atoms with van der Waals surface area (Å²) in [6.45, 7) is 9.79. The molecule has 5 heteroatoms. The number of nitrogens with one attached hydrogen (secondary N) is 1. The van der Waals surface area contributed by atoms with Gasteiger partial charge in [0.15, 0.2) is 5.82 Å². The lowest BCUT2D eigenvalue weighted by Gasteiger charge is -2.11. The van der Waals surface area contributed by atoms with Crippen LogP contribution in [0.5, 0.6) is 5.75 Å². The van der Waals surface area contributed by atoms with Gasteiger partial charge < -0.3 is 14.6 Å². The van der Waals surface area contributed by atoms with Gasteiger partial charge in [-0.25, -0.2) is 0 Å². The third-order valence-corrected chi connectivity index (χ3v) is 5.50. The van der Waals surface area contributed by atoms with Crippen LogP contribution in [0, 0.1) is 20.8 Å². The number of fused-ring (bicyclic) bond motifs is 1. The monoisotopic (exact) mass is 400 g/mol. The average molecular weight is 401 g/mol. The van der Waals surface area contributed by atoms with Gasteiger partial charge in [-0.15, -0.1) is 5.10 Å². The molecular formula is C25H28N4O. The Balaban J connectivity index is 1.69. The molecule has 30 heavy (non-hydrogen) atoms. The molecule has 0 atom stereocenters. The highest BCUT2D eigenvalue weighted by Gasteiger charge is 2.19. The fraction of sp³-hybridized carbons (Fsp3) is 0.280. The van der Waals surface area contributed by atoms with E-state index in [1.165, 1.54) is 16.6 Å². The first-order valence-corrected chi connectivity index (χ1v) is 10.5. The molecule has 0 unspecified atom stereocenters. The summed E-state index contributed by atoms with van der Waals surface area (Å²) < 4.78 is 7.87. The van der Waals surface area contributed by atoms with E-state index in [1.54, 1.807) is 0 Å². The third-order valence-electron chi connectivity index (χ3n) is 5.50. The molecule has 0 saturated carbocycles. The predicted octanol–water partition coefficient (Wildman–Crippen LogP) is 5.40. The molecule has 0 aliphatic heterocycles. The van der Waals surface area contributed by atoms with Crippen LogP contribution in [0.1, 0.15) is 29.6 Å². The van der Waals surface area contributed by atoms with Crippen molar-refractivity contribution in [3.63, 3.8) is 0 Å². The van der Waals surface area contributed by atoms with Gasteiger partial charge in [0.2, 0.25) is 0 Å². The lowest BCUT2D eigenvalue weighted by atomic mass is 10.1. The van der Waals surface area contributed by atoms with Crippen LogP contribution in [0.4, 0.5) is 5.82 Å². The quantitative estimate of drug-likeness (QED) is 0.451. The van der Waals surface area contributed by atoms with Crippen LogP contribution >= 0.6 is 0 Å². The van der Waals surface area contributed by atoms with E-state index >= 15 is 0 Å². The number of rotatable bonds is 7. The standard InChI is InChI=1S/C25H28N4O/c1-5-30-22-13-11-21(12-14-22)29-18(3)23-17(2)27-28-25(24(23)19(29)4)26-16-15-20-9-7-6-8-10-20/h6-14H,5,15-16H2,1-4H3,(H,26,28). The van der Waals surface area contributed by atoms with Crippen molar-refractivity contribution < 1.29 is 4.74 Å². The first kappa shape index (κ1) is 20.0. The minimum Gasteiger partial charge on any atom is -0.494 e. The fourth-order valence-corrected chi connectivity index (χ4v) is 4.13. The summed E-state index contributed by atoms with van der Waals surface area (Å²) in [7, 11) is 0. The second kappa shape index (κ2) is 8.57. The second-order valence-electron chi connectivity index (χ2n) is 7.48. The Bertz CT molecular complexity index is 1150. The Morgan fingerprint density at radius 3 is 2.27 bits per heavy atom. The van der Waals surface area contributed by atoms with Gasteiger partial charge in [-0.1, -0.05) is 30.3 Å². The molecule has 2 aromatic heterocycles. The molecule has 0 saturated heterocycles. The van der Waals surface area contributed by atoms with Gasteiger partial charge in [0.25, 0.3) is 0 Å². The number of hydrogen-bond acceptors (Lipinski definition) is 4. The highest BCUT2D eigenvalue weighted by molar-refractivity contribution is 5.98. The number of aromatic nitrogens is 3. The van der Waals surface area contributed by atoms with Gasteiger partial charge in [-0.2, -0.15) is 5.10 Å². The maximum absolute atomic E-state index is 5.60. The average Bonchev–Trinajstić information content (AvgIpc) is 3.03. The van der Waals surface area contributed by atoms with Crippen LogP contribution in [0.15, 0.2) is 54.6 Å². The highest BCUT2D eigenvalue weighted by Crippen LogP contribution is 2.34. The largest absolute Gasteiger partial charge is 0.494 e. The van der Waals surface area contributed by atoms with E-state index in [-0.39, 0.29) is 0 Å². The second-order valence-corrected chi connectivity index (χ2v) is 7.48. The summed E-state index contributed by atoms with van der Waals surface area (Å²) in [5, 5.41) is 14.7. The predicted molar refractivity (Wildman–Crippen MR) is 123 cm³/mol. The van der Waals surface area contributed by atoms with E-state index in [1.807, 2.05) is 32.0 Å². The van der Waals surface area contributed by atoms with Crippen molar-refractivity contribution in [1.82, 2.24) is 14.8 Å². The Labute approximate surface area is 177 Å². The number of benzene rings is 2. The smallest absolute Gasteiger partial charge is 0.158 e. The first-order valence-electron chi connectivity index (χ1n) is 10.5. The summed E-state index contributed by atoms with van der Waals surface area (Å²) in [6, 6.07) is 18.7. The van der Waals surface area contributed by atoms with E-state index in [2.05, 4.69) is 70.3 Å². The number of ether oxygens (including phenoxy) is 1. The van der Waals surface area contributed by atoms with Gasteiger partial charge in [-0.05, 0) is 63.9 Å². The molecule has 5 nitrogen and oxygen atoms in total. The molecule has 4 rings (SSSR count). The maximum atomic E-state index is 5.60. The van der Waals surface area contributed by atoms with E-state index in [9.17, 15) is 0 Å². The van der Waals surface area contributed by atoms with Crippen LogP contribution in [0.3, 0.4) is 0 Å². The molecule has 0 radical (unpaired) electrons. The topological polar surface area (TPSA) is 52.0 Å². The molecule has 0 fully saturated rings. The van der Waals surface area contributed by atoms with Gasteiger partial charge in [0, 0.05) is 34.4 Å². The van der Waals surface area contributed by atoms with Gasteiger partial charge in [0.1, 0.15) is 5.75 Å². The van der Waals surface area contributed by atoms with Gasteiger partial charge in [-0.3, -0.25) is 0 Å². The summed E-state index contributed by atoms with van der Waals surface area (Å²) in [5.41, 5.74) is 5.70. The number of anilines is 1. The molecular weight excluding hydrogens is 372 g/mol. The zero-order valence-corrected chi connectivity index (χ0v) is 18.1. The molecule has 2 heterocycles. The van der Waals surface area contributed by atoms with Crippen molar-refractivity contribution in [2.24, 2.45) is 0 Å². The van der Waals surface area contributed by atoms with Crippen LogP contribution in [0.25, 0.3) is 16.5 Å². The lowest BCUT2D eigenvalue weighted by molar-refractivity contribution is 0.340. The highest BCUT2D eigenvalue weighted by atomic mass is 16.5. The Hall–Kier alpha value is -3.34. The van der Waals surface area contributed by atoms with Crippen molar-refractivity contribution in [3.8, 4) is 11.4 Å². The minimum atomic E-state index is 0.666. The molecule has 154 valence electrons. The fourth-order valence-electron chi connectivity index (χ4n) is 4.13. The summed E-state index contributed by atoms with van der Waals surface area (Å²) >= 11 is 0. The van der Waals surface area contributed by atoms with E-state index in [4.69, 9.17) is 4.74 Å². The number of nitrogens with zero attached hydrogens (tertiary/aromatic N) is 3. The van der Waals surface area contributed by atoms with E-state index < -0.39 is 0 Å². The Morgan fingerprint density at radius 1 is 0.867 bits per heavy atom. The molecule has 4 aromatic rings. The summed E-state index contributed by atoms with van der Waals surface area (Å²) in [4.78, 5) is 0. The van der Waals surface area contributed by atoms with E-state index in [0.717, 1.165) is 47.0 Å². The zero-order chi connectivity index (χ0) is 21.1. The van der Waals surface area contributed by atoms with Gasteiger partial charge in [0.05, 0.1) is 12.3 Å². The van der Waals surface area contributed by atoms with Crippen molar-refractivity contribution in [1.29, 1.82) is 0 Å². The number of aryl methyl sites for hydroxylation is 3. The molecule has 2 aromatic carbocycles. The molecule has 0 aliphatic carbocycles. The lowest BCUT2D eigenvalue weighted by Crippen LogP contribution is -2.08.